The quantitative estimate of drug-likeness (QED) is 0.776. The highest BCUT2D eigenvalue weighted by atomic mass is 32.1. The Hall–Kier alpha value is -2.18. The van der Waals surface area contributed by atoms with E-state index in [1.54, 1.807) is 28.2 Å². The molecule has 2 aromatic heterocycles. The van der Waals surface area contributed by atoms with Crippen molar-refractivity contribution >= 4 is 11.3 Å². The first kappa shape index (κ1) is 13.8. The molecule has 0 saturated carbocycles. The van der Waals surface area contributed by atoms with Crippen LogP contribution in [-0.2, 0) is 13.5 Å². The Kier molecular flexibility index (Phi) is 3.72. The summed E-state index contributed by atoms with van der Waals surface area (Å²) in [4.78, 5) is 5.59. The number of nitrogens with two attached hydrogens (primary N) is 1. The van der Waals surface area contributed by atoms with E-state index in [1.807, 2.05) is 36.7 Å². The molecule has 0 aliphatic rings. The summed E-state index contributed by atoms with van der Waals surface area (Å²) in [6.45, 7) is 0. The lowest BCUT2D eigenvalue weighted by Gasteiger charge is -2.10. The van der Waals surface area contributed by atoms with Gasteiger partial charge in [0.25, 0.3) is 0 Å². The number of rotatable bonds is 4. The van der Waals surface area contributed by atoms with Crippen LogP contribution >= 0.6 is 11.3 Å². The molecule has 0 spiro atoms. The van der Waals surface area contributed by atoms with Crippen molar-refractivity contribution in [2.75, 3.05) is 0 Å². The molecule has 0 fully saturated rings. The summed E-state index contributed by atoms with van der Waals surface area (Å²) in [5.74, 6) is 1.72. The third kappa shape index (κ3) is 2.96. The van der Waals surface area contributed by atoms with Gasteiger partial charge in [-0.1, -0.05) is 18.2 Å². The number of thiophene rings is 1. The number of phenolic OH excluding ortho intramolecular Hbond substituents is 1. The average molecular weight is 300 g/mol. The maximum atomic E-state index is 9.30. The van der Waals surface area contributed by atoms with Gasteiger partial charge in [0.15, 0.2) is 5.82 Å². The first-order valence-electron chi connectivity index (χ1n) is 6.62. The Labute approximate surface area is 126 Å². The lowest BCUT2D eigenvalue weighted by atomic mass is 10.1. The van der Waals surface area contributed by atoms with Gasteiger partial charge in [-0.15, -0.1) is 11.3 Å². The van der Waals surface area contributed by atoms with E-state index in [0.29, 0.717) is 12.2 Å². The predicted octanol–water partition coefficient (Wildman–Crippen LogP) is 2.49. The van der Waals surface area contributed by atoms with Crippen molar-refractivity contribution < 1.29 is 5.11 Å². The number of hydrogen-bond donors (Lipinski definition) is 2. The summed E-state index contributed by atoms with van der Waals surface area (Å²) in [7, 11) is 1.86. The molecule has 5 nitrogen and oxygen atoms in total. The molecule has 1 unspecified atom stereocenters. The van der Waals surface area contributed by atoms with Crippen molar-refractivity contribution in [3.63, 3.8) is 0 Å². The largest absolute Gasteiger partial charge is 0.508 e. The Morgan fingerprint density at radius 2 is 2.05 bits per heavy atom. The van der Waals surface area contributed by atoms with Gasteiger partial charge < -0.3 is 10.8 Å². The smallest absolute Gasteiger partial charge is 0.191 e. The third-order valence-corrected chi connectivity index (χ3v) is 4.13. The number of nitrogens with zero attached hydrogens (tertiary/aromatic N) is 3. The van der Waals surface area contributed by atoms with Crippen molar-refractivity contribution in [3.05, 3.63) is 53.2 Å². The molecule has 1 atom stereocenters. The summed E-state index contributed by atoms with van der Waals surface area (Å²) < 4.78 is 1.74. The van der Waals surface area contributed by atoms with E-state index < -0.39 is 0 Å². The normalized spacial score (nSPS) is 12.5. The summed E-state index contributed by atoms with van der Waals surface area (Å²) >= 11 is 1.61. The Morgan fingerprint density at radius 3 is 2.71 bits per heavy atom. The van der Waals surface area contributed by atoms with Gasteiger partial charge in [-0.2, -0.15) is 5.10 Å². The molecule has 0 saturated heterocycles. The van der Waals surface area contributed by atoms with Crippen LogP contribution in [0, 0.1) is 0 Å². The second-order valence-electron chi connectivity index (χ2n) is 4.87. The van der Waals surface area contributed by atoms with Crippen molar-refractivity contribution in [3.8, 4) is 16.5 Å². The Balaban J connectivity index is 1.81. The van der Waals surface area contributed by atoms with Gasteiger partial charge >= 0.3 is 0 Å². The van der Waals surface area contributed by atoms with Crippen molar-refractivity contribution in [2.45, 2.75) is 12.5 Å². The molecule has 0 aliphatic heterocycles. The summed E-state index contributed by atoms with van der Waals surface area (Å²) in [5.41, 5.74) is 7.31. The number of benzene rings is 1. The number of aryl methyl sites for hydroxylation is 1. The standard InChI is InChI=1S/C15H16N4OS/c1-19-15(17-14(18-19)13-3-2-8-21-13)12(16)9-10-4-6-11(20)7-5-10/h2-8,12,20H,9,16H2,1H3. The third-order valence-electron chi connectivity index (χ3n) is 3.26. The van der Waals surface area contributed by atoms with E-state index in [1.165, 1.54) is 0 Å². The van der Waals surface area contributed by atoms with Crippen LogP contribution in [0.3, 0.4) is 0 Å². The zero-order valence-electron chi connectivity index (χ0n) is 11.6. The first-order chi connectivity index (χ1) is 10.1. The molecular formula is C15H16N4OS. The van der Waals surface area contributed by atoms with Crippen LogP contribution < -0.4 is 5.73 Å². The zero-order valence-corrected chi connectivity index (χ0v) is 12.4. The molecule has 1 aromatic carbocycles. The fourth-order valence-electron chi connectivity index (χ4n) is 2.21. The van der Waals surface area contributed by atoms with Crippen molar-refractivity contribution in [1.82, 2.24) is 14.8 Å². The molecule has 6 heteroatoms. The second-order valence-corrected chi connectivity index (χ2v) is 5.82. The lowest BCUT2D eigenvalue weighted by Crippen LogP contribution is -2.18. The molecule has 21 heavy (non-hydrogen) atoms. The SMILES string of the molecule is Cn1nc(-c2cccs2)nc1C(N)Cc1ccc(O)cc1. The van der Waals surface area contributed by atoms with Crippen molar-refractivity contribution in [1.29, 1.82) is 0 Å². The van der Waals surface area contributed by atoms with E-state index >= 15 is 0 Å². The molecule has 3 rings (SSSR count). The highest BCUT2D eigenvalue weighted by molar-refractivity contribution is 7.13. The number of hydrogen-bond acceptors (Lipinski definition) is 5. The fraction of sp³-hybridized carbons (Fsp3) is 0.200. The second kappa shape index (κ2) is 5.67. The Bertz CT molecular complexity index is 719. The van der Waals surface area contributed by atoms with Crippen LogP contribution in [-0.4, -0.2) is 19.9 Å². The highest BCUT2D eigenvalue weighted by Crippen LogP contribution is 2.23. The van der Waals surface area contributed by atoms with Crippen LogP contribution in [0.5, 0.6) is 5.75 Å². The van der Waals surface area contributed by atoms with Gasteiger partial charge in [0.2, 0.25) is 0 Å². The molecule has 3 N–H and O–H groups in total. The van der Waals surface area contributed by atoms with E-state index in [9.17, 15) is 5.11 Å². The lowest BCUT2D eigenvalue weighted by molar-refractivity contribution is 0.475. The number of phenols is 1. The number of aromatic hydroxyl groups is 1. The predicted molar refractivity (Wildman–Crippen MR) is 83.1 cm³/mol. The van der Waals surface area contributed by atoms with Crippen LogP contribution in [0.1, 0.15) is 17.4 Å². The molecule has 2 heterocycles. The molecule has 0 aliphatic carbocycles. The molecule has 0 bridgehead atoms. The fourth-order valence-corrected chi connectivity index (χ4v) is 2.86. The van der Waals surface area contributed by atoms with E-state index in [-0.39, 0.29) is 11.8 Å². The van der Waals surface area contributed by atoms with Gasteiger partial charge in [0.05, 0.1) is 10.9 Å². The molecule has 0 amide bonds. The Morgan fingerprint density at radius 1 is 1.29 bits per heavy atom. The molecule has 108 valence electrons. The maximum Gasteiger partial charge on any atom is 0.191 e. The minimum Gasteiger partial charge on any atom is -0.508 e. The van der Waals surface area contributed by atoms with Gasteiger partial charge in [-0.3, -0.25) is 4.68 Å². The molecule has 0 radical (unpaired) electrons. The van der Waals surface area contributed by atoms with Crippen molar-refractivity contribution in [2.24, 2.45) is 12.8 Å². The number of aromatic nitrogens is 3. The minimum absolute atomic E-state index is 0.235. The van der Waals surface area contributed by atoms with E-state index in [0.717, 1.165) is 16.3 Å². The topological polar surface area (TPSA) is 77.0 Å². The summed E-state index contributed by atoms with van der Waals surface area (Å²) in [6.07, 6.45) is 0.649. The van der Waals surface area contributed by atoms with Gasteiger partial charge in [0, 0.05) is 7.05 Å². The highest BCUT2D eigenvalue weighted by Gasteiger charge is 2.16. The van der Waals surface area contributed by atoms with Crippen LogP contribution in [0.15, 0.2) is 41.8 Å². The van der Waals surface area contributed by atoms with Crippen LogP contribution in [0.2, 0.25) is 0 Å². The average Bonchev–Trinajstić information content (AvgIpc) is 3.10. The van der Waals surface area contributed by atoms with Crippen LogP contribution in [0.25, 0.3) is 10.7 Å². The minimum atomic E-state index is -0.235. The molecule has 3 aromatic rings. The monoisotopic (exact) mass is 300 g/mol. The van der Waals surface area contributed by atoms with Gasteiger partial charge in [0.1, 0.15) is 11.6 Å². The van der Waals surface area contributed by atoms with Gasteiger partial charge in [-0.25, -0.2) is 4.98 Å². The zero-order chi connectivity index (χ0) is 14.8. The summed E-state index contributed by atoms with van der Waals surface area (Å²) in [6, 6.07) is 10.8. The molecular weight excluding hydrogens is 284 g/mol. The summed E-state index contributed by atoms with van der Waals surface area (Å²) in [5, 5.41) is 15.7. The van der Waals surface area contributed by atoms with E-state index in [4.69, 9.17) is 5.73 Å². The van der Waals surface area contributed by atoms with Crippen LogP contribution in [0.4, 0.5) is 0 Å². The van der Waals surface area contributed by atoms with Gasteiger partial charge in [-0.05, 0) is 35.6 Å². The maximum absolute atomic E-state index is 9.30. The first-order valence-corrected chi connectivity index (χ1v) is 7.50. The van der Waals surface area contributed by atoms with E-state index in [2.05, 4.69) is 10.1 Å².